The van der Waals surface area contributed by atoms with Crippen LogP contribution in [0.3, 0.4) is 0 Å². The van der Waals surface area contributed by atoms with Crippen LogP contribution in [-0.4, -0.2) is 34.8 Å². The first kappa shape index (κ1) is 17.9. The summed E-state index contributed by atoms with van der Waals surface area (Å²) in [4.78, 5) is 35.4. The van der Waals surface area contributed by atoms with Gasteiger partial charge in [-0.3, -0.25) is 9.59 Å². The van der Waals surface area contributed by atoms with Crippen molar-refractivity contribution in [3.63, 3.8) is 0 Å². The maximum absolute atomic E-state index is 12.7. The molecule has 0 radical (unpaired) electrons. The fourth-order valence-corrected chi connectivity index (χ4v) is 2.44. The van der Waals surface area contributed by atoms with Crippen molar-refractivity contribution in [2.45, 2.75) is 13.0 Å². The topological polar surface area (TPSA) is 124 Å². The molecule has 0 aromatic heterocycles. The SMILES string of the molecule is CC(=O)NC1=NN(c2ccccc2)C(=O)C1N=Nc1ccccc1C(=O)O. The molecule has 0 spiro atoms. The second kappa shape index (κ2) is 7.56. The summed E-state index contributed by atoms with van der Waals surface area (Å²) in [6, 6.07) is 13.5. The van der Waals surface area contributed by atoms with Gasteiger partial charge in [-0.05, 0) is 24.3 Å². The highest BCUT2D eigenvalue weighted by atomic mass is 16.4. The van der Waals surface area contributed by atoms with Gasteiger partial charge in [0.1, 0.15) is 0 Å². The molecule has 1 aliphatic rings. The largest absolute Gasteiger partial charge is 0.478 e. The molecule has 1 aliphatic heterocycles. The lowest BCUT2D eigenvalue weighted by Gasteiger charge is -2.11. The van der Waals surface area contributed by atoms with E-state index in [4.69, 9.17) is 0 Å². The first-order valence-corrected chi connectivity index (χ1v) is 7.95. The molecule has 136 valence electrons. The van der Waals surface area contributed by atoms with Crippen LogP contribution in [0.5, 0.6) is 0 Å². The lowest BCUT2D eigenvalue weighted by Crippen LogP contribution is -2.38. The molecule has 0 bridgehead atoms. The Bertz CT molecular complexity index is 955. The predicted molar refractivity (Wildman–Crippen MR) is 96.9 cm³/mol. The number of nitrogens with zero attached hydrogens (tertiary/aromatic N) is 4. The number of amidine groups is 1. The second-order valence-electron chi connectivity index (χ2n) is 5.59. The van der Waals surface area contributed by atoms with E-state index < -0.39 is 23.8 Å². The van der Waals surface area contributed by atoms with Crippen LogP contribution in [-0.2, 0) is 9.59 Å². The van der Waals surface area contributed by atoms with E-state index >= 15 is 0 Å². The van der Waals surface area contributed by atoms with Crippen molar-refractivity contribution in [1.82, 2.24) is 5.32 Å². The number of carbonyl (C=O) groups is 3. The molecule has 2 N–H and O–H groups in total. The van der Waals surface area contributed by atoms with E-state index in [0.717, 1.165) is 5.01 Å². The van der Waals surface area contributed by atoms with Crippen LogP contribution in [0.4, 0.5) is 11.4 Å². The fourth-order valence-electron chi connectivity index (χ4n) is 2.44. The summed E-state index contributed by atoms with van der Waals surface area (Å²) < 4.78 is 0. The summed E-state index contributed by atoms with van der Waals surface area (Å²) in [7, 11) is 0. The number of amides is 2. The summed E-state index contributed by atoms with van der Waals surface area (Å²) >= 11 is 0. The molecule has 2 amide bonds. The first-order valence-electron chi connectivity index (χ1n) is 7.95. The molecule has 1 unspecified atom stereocenters. The minimum absolute atomic E-state index is 0.0212. The Morgan fingerprint density at radius 1 is 1.11 bits per heavy atom. The third-order valence-electron chi connectivity index (χ3n) is 3.63. The van der Waals surface area contributed by atoms with Crippen LogP contribution < -0.4 is 10.3 Å². The van der Waals surface area contributed by atoms with E-state index in [9.17, 15) is 19.5 Å². The van der Waals surface area contributed by atoms with Gasteiger partial charge in [0.2, 0.25) is 11.9 Å². The van der Waals surface area contributed by atoms with Gasteiger partial charge in [0, 0.05) is 6.92 Å². The van der Waals surface area contributed by atoms with Crippen molar-refractivity contribution < 1.29 is 19.5 Å². The highest BCUT2D eigenvalue weighted by molar-refractivity contribution is 6.21. The monoisotopic (exact) mass is 365 g/mol. The van der Waals surface area contributed by atoms with Crippen LogP contribution in [0.2, 0.25) is 0 Å². The Labute approximate surface area is 154 Å². The Kier molecular flexibility index (Phi) is 5.02. The van der Waals surface area contributed by atoms with Crippen molar-refractivity contribution in [2.75, 3.05) is 5.01 Å². The molecular weight excluding hydrogens is 350 g/mol. The molecule has 0 saturated carbocycles. The number of hydrazone groups is 1. The van der Waals surface area contributed by atoms with E-state index in [2.05, 4.69) is 20.6 Å². The van der Waals surface area contributed by atoms with Crippen molar-refractivity contribution in [1.29, 1.82) is 0 Å². The maximum Gasteiger partial charge on any atom is 0.337 e. The van der Waals surface area contributed by atoms with E-state index in [1.807, 2.05) is 0 Å². The van der Waals surface area contributed by atoms with Gasteiger partial charge in [-0.1, -0.05) is 30.3 Å². The fraction of sp³-hybridized carbons (Fsp3) is 0.111. The van der Waals surface area contributed by atoms with Gasteiger partial charge < -0.3 is 10.4 Å². The van der Waals surface area contributed by atoms with Crippen molar-refractivity contribution in [2.24, 2.45) is 15.3 Å². The molecular formula is C18H15N5O4. The molecule has 0 fully saturated rings. The van der Waals surface area contributed by atoms with Gasteiger partial charge in [-0.25, -0.2) is 4.79 Å². The van der Waals surface area contributed by atoms with Crippen molar-refractivity contribution in [3.8, 4) is 0 Å². The molecule has 0 aliphatic carbocycles. The molecule has 1 atom stereocenters. The number of hydrogen-bond acceptors (Lipinski definition) is 6. The highest BCUT2D eigenvalue weighted by Gasteiger charge is 2.38. The average Bonchev–Trinajstić information content (AvgIpc) is 2.95. The number of carboxylic acid groups (broad SMARTS) is 1. The number of benzene rings is 2. The average molecular weight is 365 g/mol. The Balaban J connectivity index is 1.94. The van der Waals surface area contributed by atoms with Gasteiger partial charge >= 0.3 is 5.97 Å². The minimum Gasteiger partial charge on any atom is -0.478 e. The minimum atomic E-state index is -1.18. The molecule has 27 heavy (non-hydrogen) atoms. The lowest BCUT2D eigenvalue weighted by atomic mass is 10.2. The number of hydrogen-bond donors (Lipinski definition) is 2. The van der Waals surface area contributed by atoms with Gasteiger partial charge in [0.05, 0.1) is 16.9 Å². The lowest BCUT2D eigenvalue weighted by molar-refractivity contribution is -0.117. The molecule has 0 saturated heterocycles. The van der Waals surface area contributed by atoms with Crippen LogP contribution in [0.15, 0.2) is 69.9 Å². The molecule has 9 heteroatoms. The summed E-state index contributed by atoms with van der Waals surface area (Å²) in [5.74, 6) is -2.07. The van der Waals surface area contributed by atoms with Gasteiger partial charge in [-0.15, -0.1) is 5.10 Å². The quantitative estimate of drug-likeness (QED) is 0.807. The highest BCUT2D eigenvalue weighted by Crippen LogP contribution is 2.24. The number of aromatic carboxylic acids is 1. The second-order valence-corrected chi connectivity index (χ2v) is 5.59. The number of carbonyl (C=O) groups excluding carboxylic acids is 2. The molecule has 3 rings (SSSR count). The molecule has 1 heterocycles. The number of anilines is 1. The standard InChI is InChI=1S/C18H15N5O4/c1-11(24)19-16-15(17(25)23(22-16)12-7-3-2-4-8-12)21-20-14-10-6-5-9-13(14)18(26)27/h2-10,15H,1H3,(H,26,27)(H,19,22,24). The van der Waals surface area contributed by atoms with Crippen LogP contribution in [0.1, 0.15) is 17.3 Å². The Morgan fingerprint density at radius 2 is 1.78 bits per heavy atom. The van der Waals surface area contributed by atoms with Crippen LogP contribution >= 0.6 is 0 Å². The summed E-state index contributed by atoms with van der Waals surface area (Å²) in [6.45, 7) is 1.28. The third kappa shape index (κ3) is 3.87. The predicted octanol–water partition coefficient (Wildman–Crippen LogP) is 2.33. The molecule has 9 nitrogen and oxygen atoms in total. The van der Waals surface area contributed by atoms with E-state index in [-0.39, 0.29) is 17.1 Å². The Morgan fingerprint density at radius 3 is 2.44 bits per heavy atom. The number of carboxylic acids is 1. The summed E-state index contributed by atoms with van der Waals surface area (Å²) in [6.07, 6.45) is 0. The summed E-state index contributed by atoms with van der Waals surface area (Å²) in [5.41, 5.74) is 0.553. The van der Waals surface area contributed by atoms with E-state index in [0.29, 0.717) is 5.69 Å². The Hall–Kier alpha value is -3.88. The number of rotatable bonds is 4. The number of nitrogens with one attached hydrogen (secondary N) is 1. The smallest absolute Gasteiger partial charge is 0.337 e. The zero-order valence-electron chi connectivity index (χ0n) is 14.2. The molecule has 2 aromatic rings. The van der Waals surface area contributed by atoms with Crippen molar-refractivity contribution >= 4 is 35.0 Å². The normalized spacial score (nSPS) is 16.5. The van der Waals surface area contributed by atoms with Crippen LogP contribution in [0, 0.1) is 0 Å². The van der Waals surface area contributed by atoms with Crippen molar-refractivity contribution in [3.05, 3.63) is 60.2 Å². The van der Waals surface area contributed by atoms with Gasteiger partial charge in [0.15, 0.2) is 5.84 Å². The number of para-hydroxylation sites is 1. The van der Waals surface area contributed by atoms with E-state index in [1.54, 1.807) is 42.5 Å². The summed E-state index contributed by atoms with van der Waals surface area (Å²) in [5, 5.41) is 24.8. The zero-order chi connectivity index (χ0) is 19.4. The van der Waals surface area contributed by atoms with Gasteiger partial charge in [0.25, 0.3) is 5.91 Å². The van der Waals surface area contributed by atoms with Crippen LogP contribution in [0.25, 0.3) is 0 Å². The van der Waals surface area contributed by atoms with Gasteiger partial charge in [-0.2, -0.15) is 15.2 Å². The first-order chi connectivity index (χ1) is 13.0. The number of azo groups is 1. The molecule has 2 aromatic carbocycles. The zero-order valence-corrected chi connectivity index (χ0v) is 14.2. The maximum atomic E-state index is 12.7. The third-order valence-corrected chi connectivity index (χ3v) is 3.63. The van der Waals surface area contributed by atoms with E-state index in [1.165, 1.54) is 19.1 Å².